The van der Waals surface area contributed by atoms with Gasteiger partial charge in [0.15, 0.2) is 5.15 Å². The molecule has 0 amide bonds. The summed E-state index contributed by atoms with van der Waals surface area (Å²) >= 11 is 6.03. The van der Waals surface area contributed by atoms with Gasteiger partial charge in [-0.3, -0.25) is 0 Å². The number of pyridine rings is 1. The van der Waals surface area contributed by atoms with Crippen molar-refractivity contribution in [3.63, 3.8) is 0 Å². The Labute approximate surface area is 97.0 Å². The summed E-state index contributed by atoms with van der Waals surface area (Å²) < 4.78 is 5.21. The zero-order valence-electron chi connectivity index (χ0n) is 8.62. The minimum Gasteiger partial charge on any atom is -0.497 e. The summed E-state index contributed by atoms with van der Waals surface area (Å²) in [5.74, 6) is 0.835. The van der Waals surface area contributed by atoms with Crippen LogP contribution in [0.1, 0.15) is 0 Å². The molecule has 80 valence electrons. The number of aromatic nitrogens is 2. The van der Waals surface area contributed by atoms with E-state index in [1.165, 1.54) is 0 Å². The average Bonchev–Trinajstić information content (AvgIpc) is 2.68. The number of fused-ring (bicyclic) bond motifs is 3. The molecule has 2 aromatic heterocycles. The van der Waals surface area contributed by atoms with Crippen molar-refractivity contribution in [3.05, 3.63) is 35.6 Å². The van der Waals surface area contributed by atoms with Crippen molar-refractivity contribution in [2.45, 2.75) is 0 Å². The third kappa shape index (κ3) is 1.25. The van der Waals surface area contributed by atoms with Crippen LogP contribution < -0.4 is 4.74 Å². The van der Waals surface area contributed by atoms with Gasteiger partial charge >= 0.3 is 0 Å². The van der Waals surface area contributed by atoms with Gasteiger partial charge in [-0.2, -0.15) is 0 Å². The predicted octanol–water partition coefficient (Wildman–Crippen LogP) is 3.38. The number of benzene rings is 1. The Morgan fingerprint density at radius 1 is 1.25 bits per heavy atom. The minimum absolute atomic E-state index is 0.493. The van der Waals surface area contributed by atoms with Crippen molar-refractivity contribution < 1.29 is 4.74 Å². The Morgan fingerprint density at radius 3 is 2.94 bits per heavy atom. The lowest BCUT2D eigenvalue weighted by molar-refractivity contribution is 0.415. The monoisotopic (exact) mass is 232 g/mol. The fourth-order valence-electron chi connectivity index (χ4n) is 1.90. The van der Waals surface area contributed by atoms with Crippen molar-refractivity contribution in [1.29, 1.82) is 0 Å². The van der Waals surface area contributed by atoms with Crippen molar-refractivity contribution in [2.24, 2.45) is 0 Å². The number of rotatable bonds is 1. The molecule has 1 aromatic carbocycles. The third-order valence-electron chi connectivity index (χ3n) is 2.68. The molecular formula is C12H9ClN2O. The van der Waals surface area contributed by atoms with Crippen LogP contribution in [-0.2, 0) is 0 Å². The van der Waals surface area contributed by atoms with Gasteiger partial charge in [0.25, 0.3) is 0 Å². The Bertz CT molecular complexity index is 675. The lowest BCUT2D eigenvalue weighted by Gasteiger charge is -1.98. The van der Waals surface area contributed by atoms with Crippen molar-refractivity contribution in [2.75, 3.05) is 7.11 Å². The van der Waals surface area contributed by atoms with E-state index in [9.17, 15) is 0 Å². The van der Waals surface area contributed by atoms with Crippen LogP contribution in [0.2, 0.25) is 5.15 Å². The highest BCUT2D eigenvalue weighted by atomic mass is 35.5. The summed E-state index contributed by atoms with van der Waals surface area (Å²) in [6, 6.07) is 7.83. The normalized spacial score (nSPS) is 11.1. The first-order chi connectivity index (χ1) is 7.79. The van der Waals surface area contributed by atoms with Gasteiger partial charge in [0.05, 0.1) is 12.6 Å². The van der Waals surface area contributed by atoms with E-state index in [2.05, 4.69) is 9.97 Å². The number of methoxy groups -OCH3 is 1. The quantitative estimate of drug-likeness (QED) is 0.653. The van der Waals surface area contributed by atoms with Crippen molar-refractivity contribution in [1.82, 2.24) is 9.97 Å². The van der Waals surface area contributed by atoms with E-state index in [0.29, 0.717) is 5.15 Å². The van der Waals surface area contributed by atoms with Gasteiger partial charge < -0.3 is 9.72 Å². The SMILES string of the molecule is COc1ccc2[nH]c3c(Cl)nccc3c2c1. The highest BCUT2D eigenvalue weighted by molar-refractivity contribution is 6.35. The lowest BCUT2D eigenvalue weighted by Crippen LogP contribution is -1.80. The van der Waals surface area contributed by atoms with Crippen LogP contribution in [0.15, 0.2) is 30.5 Å². The van der Waals surface area contributed by atoms with Gasteiger partial charge in [0.2, 0.25) is 0 Å². The predicted molar refractivity (Wildman–Crippen MR) is 65.2 cm³/mol. The van der Waals surface area contributed by atoms with E-state index in [-0.39, 0.29) is 0 Å². The number of hydrogen-bond acceptors (Lipinski definition) is 2. The van der Waals surface area contributed by atoms with Crippen molar-refractivity contribution >= 4 is 33.4 Å². The molecule has 0 bridgehead atoms. The molecule has 1 N–H and O–H groups in total. The molecule has 0 unspecified atom stereocenters. The average molecular weight is 233 g/mol. The van der Waals surface area contributed by atoms with Crippen molar-refractivity contribution in [3.8, 4) is 5.75 Å². The van der Waals surface area contributed by atoms with E-state index in [0.717, 1.165) is 27.6 Å². The first kappa shape index (κ1) is 9.48. The second kappa shape index (κ2) is 3.39. The zero-order valence-corrected chi connectivity index (χ0v) is 9.38. The maximum Gasteiger partial charge on any atom is 0.153 e. The lowest BCUT2D eigenvalue weighted by atomic mass is 10.2. The molecule has 0 radical (unpaired) electrons. The van der Waals surface area contributed by atoms with Gasteiger partial charge in [-0.1, -0.05) is 11.6 Å². The summed E-state index contributed by atoms with van der Waals surface area (Å²) in [5.41, 5.74) is 1.90. The van der Waals surface area contributed by atoms with Crippen LogP contribution in [0.3, 0.4) is 0 Å². The van der Waals surface area contributed by atoms with Crippen LogP contribution in [0.5, 0.6) is 5.75 Å². The van der Waals surface area contributed by atoms with Gasteiger partial charge in [-0.05, 0) is 24.3 Å². The molecule has 16 heavy (non-hydrogen) atoms. The molecular weight excluding hydrogens is 224 g/mol. The van der Waals surface area contributed by atoms with E-state index < -0.39 is 0 Å². The molecule has 3 rings (SSSR count). The molecule has 2 heterocycles. The molecule has 0 saturated carbocycles. The number of hydrogen-bond donors (Lipinski definition) is 1. The second-order valence-electron chi connectivity index (χ2n) is 3.56. The van der Waals surface area contributed by atoms with E-state index in [4.69, 9.17) is 16.3 Å². The van der Waals surface area contributed by atoms with Gasteiger partial charge in [0.1, 0.15) is 5.75 Å². The molecule has 3 nitrogen and oxygen atoms in total. The van der Waals surface area contributed by atoms with Crippen LogP contribution in [0.25, 0.3) is 21.8 Å². The van der Waals surface area contributed by atoms with Gasteiger partial charge in [-0.15, -0.1) is 0 Å². The first-order valence-corrected chi connectivity index (χ1v) is 5.27. The number of nitrogens with one attached hydrogen (secondary N) is 1. The highest BCUT2D eigenvalue weighted by Crippen LogP contribution is 2.30. The topological polar surface area (TPSA) is 37.9 Å². The molecule has 0 saturated heterocycles. The Hall–Kier alpha value is -1.74. The highest BCUT2D eigenvalue weighted by Gasteiger charge is 2.08. The van der Waals surface area contributed by atoms with Crippen LogP contribution in [-0.4, -0.2) is 17.1 Å². The standard InChI is InChI=1S/C12H9ClN2O/c1-16-7-2-3-10-9(6-7)8-4-5-14-12(13)11(8)15-10/h2-6,15H,1H3. The Kier molecular flexibility index (Phi) is 2.01. The molecule has 0 fully saturated rings. The third-order valence-corrected chi connectivity index (χ3v) is 2.97. The van der Waals surface area contributed by atoms with Crippen LogP contribution >= 0.6 is 11.6 Å². The summed E-state index contributed by atoms with van der Waals surface area (Å²) in [7, 11) is 1.66. The number of H-pyrrole nitrogens is 1. The smallest absolute Gasteiger partial charge is 0.153 e. The summed E-state index contributed by atoms with van der Waals surface area (Å²) in [4.78, 5) is 7.30. The van der Waals surface area contributed by atoms with Gasteiger partial charge in [0, 0.05) is 22.5 Å². The molecule has 4 heteroatoms. The van der Waals surface area contributed by atoms with Gasteiger partial charge in [-0.25, -0.2) is 4.98 Å². The molecule has 0 spiro atoms. The number of halogens is 1. The maximum absolute atomic E-state index is 6.03. The largest absolute Gasteiger partial charge is 0.497 e. The summed E-state index contributed by atoms with van der Waals surface area (Å²) in [6.45, 7) is 0. The molecule has 0 atom stereocenters. The van der Waals surface area contributed by atoms with E-state index in [1.807, 2.05) is 24.3 Å². The summed E-state index contributed by atoms with van der Waals surface area (Å²) in [6.07, 6.45) is 1.71. The molecule has 0 aliphatic carbocycles. The van der Waals surface area contributed by atoms with Crippen LogP contribution in [0.4, 0.5) is 0 Å². The van der Waals surface area contributed by atoms with E-state index >= 15 is 0 Å². The zero-order chi connectivity index (χ0) is 11.1. The number of aromatic amines is 1. The number of ether oxygens (including phenoxy) is 1. The first-order valence-electron chi connectivity index (χ1n) is 4.89. The molecule has 0 aliphatic heterocycles. The second-order valence-corrected chi connectivity index (χ2v) is 3.92. The van der Waals surface area contributed by atoms with E-state index in [1.54, 1.807) is 13.3 Å². The number of nitrogens with zero attached hydrogens (tertiary/aromatic N) is 1. The maximum atomic E-state index is 6.03. The van der Waals surface area contributed by atoms with Crippen LogP contribution in [0, 0.1) is 0 Å². The Morgan fingerprint density at radius 2 is 2.12 bits per heavy atom. The summed E-state index contributed by atoms with van der Waals surface area (Å²) in [5, 5.41) is 2.65. The Balaban J connectivity index is 2.47. The molecule has 3 aromatic rings. The minimum atomic E-state index is 0.493. The molecule has 0 aliphatic rings. The fourth-order valence-corrected chi connectivity index (χ4v) is 2.10. The fraction of sp³-hybridized carbons (Fsp3) is 0.0833.